The monoisotopic (exact) mass is 466 g/mol. The van der Waals surface area contributed by atoms with E-state index in [1.807, 2.05) is 6.20 Å². The van der Waals surface area contributed by atoms with E-state index < -0.39 is 0 Å². The highest BCUT2D eigenvalue weighted by Gasteiger charge is 2.26. The van der Waals surface area contributed by atoms with E-state index in [-0.39, 0.29) is 6.67 Å². The van der Waals surface area contributed by atoms with Crippen LogP contribution in [0.5, 0.6) is 0 Å². The number of fused-ring (bicyclic) bond motifs is 3. The van der Waals surface area contributed by atoms with Gasteiger partial charge in [-0.1, -0.05) is 46.3 Å². The molecule has 1 saturated heterocycles. The zero-order valence-corrected chi connectivity index (χ0v) is 18.8. The number of halogens is 2. The Morgan fingerprint density at radius 3 is 2.67 bits per heavy atom. The number of likely N-dealkylation sites (tertiary alicyclic amines) is 1. The van der Waals surface area contributed by atoms with Gasteiger partial charge in [-0.05, 0) is 78.0 Å². The van der Waals surface area contributed by atoms with Crippen LogP contribution >= 0.6 is 15.9 Å². The number of benzene rings is 2. The molecule has 2 aliphatic rings. The standard InChI is InChI=1S/C26H28BrFN2/c27-24-4-1-3-21-22-11-13-29-25(22)10-9-23(21)26(24)20-7-5-18(6-8-20)15-19-16-30(17-19)14-2-12-28/h5-11,13,19,29H,1-4,12,14-17H2. The Hall–Kier alpha value is -1.91. The largest absolute Gasteiger partial charge is 0.361 e. The fourth-order valence-corrected chi connectivity index (χ4v) is 5.84. The number of aryl methyl sites for hydroxylation is 1. The van der Waals surface area contributed by atoms with Gasteiger partial charge in [0.1, 0.15) is 0 Å². The molecule has 0 bridgehead atoms. The van der Waals surface area contributed by atoms with Crippen LogP contribution in [0.1, 0.15) is 41.5 Å². The van der Waals surface area contributed by atoms with Crippen molar-refractivity contribution >= 4 is 32.4 Å². The van der Waals surface area contributed by atoms with Crippen molar-refractivity contribution in [3.63, 3.8) is 0 Å². The maximum Gasteiger partial charge on any atom is 0.0906 e. The van der Waals surface area contributed by atoms with E-state index >= 15 is 0 Å². The number of aromatic nitrogens is 1. The molecule has 1 N–H and O–H groups in total. The second kappa shape index (κ2) is 8.68. The van der Waals surface area contributed by atoms with Crippen LogP contribution in [0.2, 0.25) is 0 Å². The highest BCUT2D eigenvalue weighted by Crippen LogP contribution is 2.40. The van der Waals surface area contributed by atoms with E-state index in [1.165, 1.54) is 49.6 Å². The summed E-state index contributed by atoms with van der Waals surface area (Å²) in [6, 6.07) is 15.9. The SMILES string of the molecule is FCCCN1CC(Cc2ccc(C3=C(Br)CCCc4c3ccc3[nH]ccc43)cc2)C1. The summed E-state index contributed by atoms with van der Waals surface area (Å²) in [6.45, 7) is 2.92. The summed E-state index contributed by atoms with van der Waals surface area (Å²) < 4.78 is 13.6. The molecule has 1 aliphatic carbocycles. The predicted octanol–water partition coefficient (Wildman–Crippen LogP) is 6.49. The molecule has 156 valence electrons. The molecular weight excluding hydrogens is 439 g/mol. The number of hydrogen-bond acceptors (Lipinski definition) is 1. The zero-order chi connectivity index (χ0) is 20.5. The third kappa shape index (κ3) is 3.88. The van der Waals surface area contributed by atoms with Crippen LogP contribution in [-0.4, -0.2) is 36.2 Å². The quantitative estimate of drug-likeness (QED) is 0.439. The van der Waals surface area contributed by atoms with Gasteiger partial charge in [0.15, 0.2) is 0 Å². The van der Waals surface area contributed by atoms with Crippen molar-refractivity contribution < 1.29 is 4.39 Å². The van der Waals surface area contributed by atoms with Gasteiger partial charge in [-0.15, -0.1) is 0 Å². The number of nitrogens with zero attached hydrogens (tertiary/aromatic N) is 1. The number of hydrogen-bond donors (Lipinski definition) is 1. The highest BCUT2D eigenvalue weighted by atomic mass is 79.9. The van der Waals surface area contributed by atoms with Crippen molar-refractivity contribution in [2.75, 3.05) is 26.3 Å². The Morgan fingerprint density at radius 2 is 1.87 bits per heavy atom. The lowest BCUT2D eigenvalue weighted by Crippen LogP contribution is -2.47. The first kappa shape index (κ1) is 20.0. The number of nitrogens with one attached hydrogen (secondary N) is 1. The maximum atomic E-state index is 12.3. The minimum atomic E-state index is -0.202. The van der Waals surface area contributed by atoms with Gasteiger partial charge in [0, 0.05) is 41.2 Å². The Balaban J connectivity index is 1.37. The van der Waals surface area contributed by atoms with Gasteiger partial charge < -0.3 is 9.88 Å². The van der Waals surface area contributed by atoms with Gasteiger partial charge in [0.05, 0.1) is 6.67 Å². The molecule has 1 fully saturated rings. The predicted molar refractivity (Wildman–Crippen MR) is 127 cm³/mol. The molecule has 3 aromatic rings. The second-order valence-corrected chi connectivity index (χ2v) is 9.69. The third-order valence-corrected chi connectivity index (χ3v) is 7.41. The zero-order valence-electron chi connectivity index (χ0n) is 17.3. The molecule has 4 heteroatoms. The molecule has 1 aromatic heterocycles. The van der Waals surface area contributed by atoms with Crippen LogP contribution in [-0.2, 0) is 12.8 Å². The molecule has 0 atom stereocenters. The topological polar surface area (TPSA) is 19.0 Å². The van der Waals surface area contributed by atoms with Gasteiger partial charge in [0.2, 0.25) is 0 Å². The van der Waals surface area contributed by atoms with Gasteiger partial charge in [-0.3, -0.25) is 4.39 Å². The van der Waals surface area contributed by atoms with E-state index in [4.69, 9.17) is 0 Å². The summed E-state index contributed by atoms with van der Waals surface area (Å²) in [5, 5.41) is 1.35. The summed E-state index contributed by atoms with van der Waals surface area (Å²) in [5.41, 5.74) is 8.09. The molecule has 0 spiro atoms. The Morgan fingerprint density at radius 1 is 1.03 bits per heavy atom. The van der Waals surface area contributed by atoms with Crippen molar-refractivity contribution in [2.45, 2.75) is 32.1 Å². The summed E-state index contributed by atoms with van der Waals surface area (Å²) in [6.07, 6.45) is 7.19. The van der Waals surface area contributed by atoms with Crippen molar-refractivity contribution in [2.24, 2.45) is 5.92 Å². The lowest BCUT2D eigenvalue weighted by atomic mass is 9.89. The van der Waals surface area contributed by atoms with E-state index in [0.717, 1.165) is 38.9 Å². The lowest BCUT2D eigenvalue weighted by molar-refractivity contribution is 0.0968. The first-order valence-electron chi connectivity index (χ1n) is 11.1. The number of aromatic amines is 1. The van der Waals surface area contributed by atoms with E-state index in [1.54, 1.807) is 0 Å². The van der Waals surface area contributed by atoms with Crippen LogP contribution in [0.3, 0.4) is 0 Å². The summed E-state index contributed by atoms with van der Waals surface area (Å²) in [5.74, 6) is 0.710. The minimum absolute atomic E-state index is 0.202. The van der Waals surface area contributed by atoms with Gasteiger partial charge >= 0.3 is 0 Å². The normalized spacial score (nSPS) is 17.8. The fraction of sp³-hybridized carbons (Fsp3) is 0.385. The van der Waals surface area contributed by atoms with Crippen molar-refractivity contribution in [3.05, 3.63) is 75.4 Å². The van der Waals surface area contributed by atoms with Crippen LogP contribution < -0.4 is 0 Å². The van der Waals surface area contributed by atoms with E-state index in [0.29, 0.717) is 12.3 Å². The number of allylic oxidation sites excluding steroid dienone is 1. The number of rotatable bonds is 6. The Kier molecular flexibility index (Phi) is 5.79. The second-order valence-electron chi connectivity index (χ2n) is 8.73. The van der Waals surface area contributed by atoms with Gasteiger partial charge in [-0.2, -0.15) is 0 Å². The van der Waals surface area contributed by atoms with Crippen molar-refractivity contribution in [3.8, 4) is 0 Å². The molecule has 1 aliphatic heterocycles. The van der Waals surface area contributed by atoms with E-state index in [9.17, 15) is 4.39 Å². The fourth-order valence-electron chi connectivity index (χ4n) is 5.12. The number of H-pyrrole nitrogens is 1. The summed E-state index contributed by atoms with van der Waals surface area (Å²) in [4.78, 5) is 5.72. The van der Waals surface area contributed by atoms with E-state index in [2.05, 4.69) is 68.3 Å². The molecule has 0 saturated carbocycles. The lowest BCUT2D eigenvalue weighted by Gasteiger charge is -2.39. The summed E-state index contributed by atoms with van der Waals surface area (Å²) >= 11 is 3.91. The average molecular weight is 467 g/mol. The highest BCUT2D eigenvalue weighted by molar-refractivity contribution is 9.11. The molecule has 2 heterocycles. The van der Waals surface area contributed by atoms with Gasteiger partial charge in [0.25, 0.3) is 0 Å². The maximum absolute atomic E-state index is 12.3. The minimum Gasteiger partial charge on any atom is -0.361 e. The first-order chi connectivity index (χ1) is 14.7. The van der Waals surface area contributed by atoms with Crippen LogP contribution in [0.4, 0.5) is 4.39 Å². The van der Waals surface area contributed by atoms with Crippen molar-refractivity contribution in [1.82, 2.24) is 9.88 Å². The molecule has 0 unspecified atom stereocenters. The number of alkyl halides is 1. The summed E-state index contributed by atoms with van der Waals surface area (Å²) in [7, 11) is 0. The molecule has 0 radical (unpaired) electrons. The molecular formula is C26H28BrFN2. The van der Waals surface area contributed by atoms with Crippen molar-refractivity contribution in [1.29, 1.82) is 0 Å². The molecule has 0 amide bonds. The Labute approximate surface area is 186 Å². The first-order valence-corrected chi connectivity index (χ1v) is 11.9. The smallest absolute Gasteiger partial charge is 0.0906 e. The molecule has 2 nitrogen and oxygen atoms in total. The average Bonchev–Trinajstić information content (AvgIpc) is 3.14. The van der Waals surface area contributed by atoms with Crippen LogP contribution in [0.25, 0.3) is 16.5 Å². The van der Waals surface area contributed by atoms with Crippen LogP contribution in [0.15, 0.2) is 53.1 Å². The molecule has 5 rings (SSSR count). The Bertz CT molecular complexity index is 1060. The van der Waals surface area contributed by atoms with Crippen LogP contribution in [0, 0.1) is 5.92 Å². The molecule has 2 aromatic carbocycles. The molecule has 30 heavy (non-hydrogen) atoms. The van der Waals surface area contributed by atoms with Gasteiger partial charge in [-0.25, -0.2) is 0 Å². The third-order valence-electron chi connectivity index (χ3n) is 6.62.